The number of halogens is 2. The summed E-state index contributed by atoms with van der Waals surface area (Å²) in [6, 6.07) is 25.7. The molecule has 226 valence electrons. The van der Waals surface area contributed by atoms with Gasteiger partial charge < -0.3 is 19.9 Å². The van der Waals surface area contributed by atoms with Gasteiger partial charge in [-0.05, 0) is 66.9 Å². The Morgan fingerprint density at radius 3 is 2.69 bits per heavy atom. The first-order valence-corrected chi connectivity index (χ1v) is 16.2. The molecule has 0 fully saturated rings. The lowest BCUT2D eigenvalue weighted by atomic mass is 10.1. The van der Waals surface area contributed by atoms with E-state index in [-0.39, 0.29) is 17.5 Å². The molecule has 7 rings (SSSR count). The topological polar surface area (TPSA) is 74.8 Å². The Kier molecular flexibility index (Phi) is 7.85. The maximum atomic E-state index is 14.4. The molecule has 2 amide bonds. The Bertz CT molecular complexity index is 1940. The van der Waals surface area contributed by atoms with E-state index in [9.17, 15) is 14.0 Å². The smallest absolute Gasteiger partial charge is 0.276 e. The number of hydrogen-bond donors (Lipinski definition) is 1. The van der Waals surface area contributed by atoms with Gasteiger partial charge in [0.1, 0.15) is 29.7 Å². The maximum Gasteiger partial charge on any atom is 0.276 e. The highest BCUT2D eigenvalue weighted by Gasteiger charge is 2.29. The zero-order valence-corrected chi connectivity index (χ0v) is 26.8. The average Bonchev–Trinajstić information content (AvgIpc) is 3.26. The van der Waals surface area contributed by atoms with Gasteiger partial charge in [-0.3, -0.25) is 9.59 Å². The third-order valence-corrected chi connectivity index (χ3v) is 10.1. The minimum atomic E-state index is -0.472. The molecule has 10 heteroatoms. The molecule has 0 unspecified atom stereocenters. The zero-order chi connectivity index (χ0) is 31.1. The number of nitrogens with one attached hydrogen (secondary N) is 1. The van der Waals surface area contributed by atoms with Crippen LogP contribution in [-0.4, -0.2) is 36.5 Å². The standard InChI is InChI=1S/C35H28BrFN4O3S/c1-21-7-4-10-26(37)32(21)39-34(42)30-19-22-15-16-41(28-12-3-2-8-23(28)33(22)45-30)35(43)27-11-6-14-31(38-27)40-17-18-44-29-13-5-9-25(36)24(29)20-40/h2-14,19H,15-18,20H2,1H3,(H,39,42). The van der Waals surface area contributed by atoms with Gasteiger partial charge in [-0.25, -0.2) is 9.37 Å². The van der Waals surface area contributed by atoms with Gasteiger partial charge in [0.25, 0.3) is 11.8 Å². The Balaban J connectivity index is 1.16. The fraction of sp³-hybridized carbons (Fsp3) is 0.171. The summed E-state index contributed by atoms with van der Waals surface area (Å²) >= 11 is 5.00. The number of thiophene rings is 1. The van der Waals surface area contributed by atoms with Crippen molar-refractivity contribution in [2.45, 2.75) is 19.9 Å². The number of carbonyl (C=O) groups is 2. The number of anilines is 3. The van der Waals surface area contributed by atoms with Crippen LogP contribution in [0.25, 0.3) is 10.4 Å². The molecule has 4 heterocycles. The number of fused-ring (bicyclic) bond motifs is 4. The largest absolute Gasteiger partial charge is 0.491 e. The van der Waals surface area contributed by atoms with Crippen molar-refractivity contribution in [1.82, 2.24) is 4.98 Å². The van der Waals surface area contributed by atoms with Crippen LogP contribution in [0.4, 0.5) is 21.6 Å². The number of pyridine rings is 1. The fourth-order valence-corrected chi connectivity index (χ4v) is 7.41. The molecular formula is C35H28BrFN4O3S. The van der Waals surface area contributed by atoms with Crippen molar-refractivity contribution in [2.75, 3.05) is 34.8 Å². The Labute approximate surface area is 272 Å². The second-order valence-electron chi connectivity index (χ2n) is 10.9. The summed E-state index contributed by atoms with van der Waals surface area (Å²) in [6.07, 6.45) is 0.548. The fourth-order valence-electron chi connectivity index (χ4n) is 5.80. The summed E-state index contributed by atoms with van der Waals surface area (Å²) in [7, 11) is 0. The van der Waals surface area contributed by atoms with E-state index in [4.69, 9.17) is 9.72 Å². The van der Waals surface area contributed by atoms with Gasteiger partial charge in [-0.15, -0.1) is 11.3 Å². The number of nitrogens with zero attached hydrogens (tertiary/aromatic N) is 3. The first kappa shape index (κ1) is 29.2. The molecule has 2 aliphatic heterocycles. The van der Waals surface area contributed by atoms with Gasteiger partial charge >= 0.3 is 0 Å². The summed E-state index contributed by atoms with van der Waals surface area (Å²) in [5.74, 6) is 0.522. The lowest BCUT2D eigenvalue weighted by molar-refractivity contribution is 0.0981. The Morgan fingerprint density at radius 1 is 1.00 bits per heavy atom. The average molecular weight is 684 g/mol. The van der Waals surface area contributed by atoms with Crippen molar-refractivity contribution in [2.24, 2.45) is 0 Å². The molecule has 0 radical (unpaired) electrons. The number of carbonyl (C=O) groups excluding carboxylic acids is 2. The van der Waals surface area contributed by atoms with E-state index in [1.54, 1.807) is 30.0 Å². The number of hydrogen-bond acceptors (Lipinski definition) is 6. The maximum absolute atomic E-state index is 14.4. The van der Waals surface area contributed by atoms with Crippen molar-refractivity contribution in [1.29, 1.82) is 0 Å². The van der Waals surface area contributed by atoms with Gasteiger partial charge in [0.15, 0.2) is 0 Å². The second kappa shape index (κ2) is 12.1. The van der Waals surface area contributed by atoms with E-state index >= 15 is 0 Å². The first-order chi connectivity index (χ1) is 21.9. The number of amides is 2. The van der Waals surface area contributed by atoms with E-state index < -0.39 is 5.82 Å². The van der Waals surface area contributed by atoms with Gasteiger partial charge in [-0.2, -0.15) is 0 Å². The third-order valence-electron chi connectivity index (χ3n) is 8.10. The Morgan fingerprint density at radius 2 is 1.82 bits per heavy atom. The predicted octanol–water partition coefficient (Wildman–Crippen LogP) is 7.87. The molecule has 3 aromatic carbocycles. The van der Waals surface area contributed by atoms with Crippen molar-refractivity contribution in [3.05, 3.63) is 122 Å². The number of rotatable bonds is 4. The molecule has 0 aliphatic carbocycles. The number of benzene rings is 3. The Hall–Kier alpha value is -4.54. The van der Waals surface area contributed by atoms with Crippen LogP contribution < -0.4 is 19.9 Å². The summed E-state index contributed by atoms with van der Waals surface area (Å²) in [6.45, 7) is 3.91. The minimum absolute atomic E-state index is 0.183. The van der Waals surface area contributed by atoms with Crippen LogP contribution in [-0.2, 0) is 13.0 Å². The van der Waals surface area contributed by atoms with E-state index in [2.05, 4.69) is 26.1 Å². The number of aryl methyl sites for hydroxylation is 1. The lowest BCUT2D eigenvalue weighted by Gasteiger charge is -2.24. The van der Waals surface area contributed by atoms with Crippen molar-refractivity contribution < 1.29 is 18.7 Å². The third kappa shape index (κ3) is 5.60. The van der Waals surface area contributed by atoms with Gasteiger partial charge in [0, 0.05) is 33.6 Å². The van der Waals surface area contributed by atoms with E-state index in [0.29, 0.717) is 54.6 Å². The molecule has 0 saturated carbocycles. The minimum Gasteiger partial charge on any atom is -0.491 e. The van der Waals surface area contributed by atoms with Crippen molar-refractivity contribution >= 4 is 56.3 Å². The summed E-state index contributed by atoms with van der Waals surface area (Å²) in [4.78, 5) is 37.4. The van der Waals surface area contributed by atoms with Crippen LogP contribution in [0, 0.1) is 12.7 Å². The van der Waals surface area contributed by atoms with Crippen LogP contribution in [0.3, 0.4) is 0 Å². The lowest BCUT2D eigenvalue weighted by Crippen LogP contribution is -2.34. The predicted molar refractivity (Wildman–Crippen MR) is 179 cm³/mol. The van der Waals surface area contributed by atoms with E-state index in [0.717, 1.165) is 37.5 Å². The number of ether oxygens (including phenoxy) is 1. The highest BCUT2D eigenvalue weighted by atomic mass is 79.9. The number of aromatic nitrogens is 1. The quantitative estimate of drug-likeness (QED) is 0.209. The molecule has 45 heavy (non-hydrogen) atoms. The molecule has 0 atom stereocenters. The molecule has 2 aromatic heterocycles. The van der Waals surface area contributed by atoms with Crippen molar-refractivity contribution in [3.63, 3.8) is 0 Å². The van der Waals surface area contributed by atoms with Gasteiger partial charge in [-0.1, -0.05) is 58.4 Å². The van der Waals surface area contributed by atoms with E-state index in [1.165, 1.54) is 17.4 Å². The molecule has 0 bridgehead atoms. The molecular weight excluding hydrogens is 655 g/mol. The molecule has 0 saturated heterocycles. The SMILES string of the molecule is Cc1cccc(F)c1NC(=O)c1cc2c(s1)-c1ccccc1N(C(=O)c1cccc(N3CCOc4cccc(Br)c4C3)n1)CC2. The highest BCUT2D eigenvalue weighted by Crippen LogP contribution is 2.42. The van der Waals surface area contributed by atoms with Gasteiger partial charge in [0.2, 0.25) is 0 Å². The van der Waals surface area contributed by atoms with Crippen LogP contribution in [0.5, 0.6) is 5.75 Å². The summed E-state index contributed by atoms with van der Waals surface area (Å²) in [5.41, 5.74) is 4.82. The zero-order valence-electron chi connectivity index (χ0n) is 24.3. The van der Waals surface area contributed by atoms with Crippen molar-refractivity contribution in [3.8, 4) is 16.2 Å². The second-order valence-corrected chi connectivity index (χ2v) is 12.8. The number of para-hydroxylation sites is 2. The first-order valence-electron chi connectivity index (χ1n) is 14.6. The highest BCUT2D eigenvalue weighted by molar-refractivity contribution is 9.10. The monoisotopic (exact) mass is 682 g/mol. The van der Waals surface area contributed by atoms with Crippen LogP contribution in [0.15, 0.2) is 89.4 Å². The van der Waals surface area contributed by atoms with Crippen LogP contribution in [0.1, 0.15) is 36.9 Å². The van der Waals surface area contributed by atoms with Gasteiger partial charge in [0.05, 0.1) is 22.8 Å². The van der Waals surface area contributed by atoms with E-state index in [1.807, 2.05) is 60.7 Å². The molecule has 7 nitrogen and oxygen atoms in total. The van der Waals surface area contributed by atoms with Crippen LogP contribution >= 0.6 is 27.3 Å². The molecule has 2 aliphatic rings. The van der Waals surface area contributed by atoms with Crippen LogP contribution in [0.2, 0.25) is 0 Å². The molecule has 5 aromatic rings. The summed E-state index contributed by atoms with van der Waals surface area (Å²) < 4.78 is 21.4. The normalized spacial score (nSPS) is 13.9. The summed E-state index contributed by atoms with van der Waals surface area (Å²) in [5, 5.41) is 2.75. The molecule has 1 N–H and O–H groups in total. The molecule has 0 spiro atoms.